The van der Waals surface area contributed by atoms with Gasteiger partial charge in [-0.2, -0.15) is 0 Å². The van der Waals surface area contributed by atoms with Gasteiger partial charge in [-0.1, -0.05) is 6.92 Å². The number of nitrogens with one attached hydrogen (secondary N) is 1. The van der Waals surface area contributed by atoms with Crippen LogP contribution < -0.4 is 5.32 Å². The van der Waals surface area contributed by atoms with Gasteiger partial charge in [-0.15, -0.1) is 0 Å². The van der Waals surface area contributed by atoms with Crippen molar-refractivity contribution in [1.82, 2.24) is 19.8 Å². The highest BCUT2D eigenvalue weighted by molar-refractivity contribution is 4.98. The predicted molar refractivity (Wildman–Crippen MR) is 69.8 cm³/mol. The molecule has 4 heteroatoms. The number of likely N-dealkylation sites (tertiary alicyclic amines) is 1. The van der Waals surface area contributed by atoms with Crippen molar-refractivity contribution in [3.63, 3.8) is 0 Å². The number of aromatic nitrogens is 2. The number of hydrogen-bond acceptors (Lipinski definition) is 3. The molecule has 0 spiro atoms. The van der Waals surface area contributed by atoms with E-state index < -0.39 is 0 Å². The van der Waals surface area contributed by atoms with Crippen molar-refractivity contribution >= 4 is 0 Å². The van der Waals surface area contributed by atoms with Gasteiger partial charge in [0.1, 0.15) is 0 Å². The number of rotatable bonds is 5. The van der Waals surface area contributed by atoms with Crippen LogP contribution in [0.25, 0.3) is 0 Å². The van der Waals surface area contributed by atoms with Gasteiger partial charge in [0.25, 0.3) is 0 Å². The molecular formula is C13H24N4. The van der Waals surface area contributed by atoms with Crippen LogP contribution in [-0.4, -0.2) is 41.1 Å². The zero-order valence-corrected chi connectivity index (χ0v) is 11.0. The highest BCUT2D eigenvalue weighted by atomic mass is 15.1. The summed E-state index contributed by atoms with van der Waals surface area (Å²) < 4.78 is 2.31. The molecule has 0 aliphatic carbocycles. The summed E-state index contributed by atoms with van der Waals surface area (Å²) in [5, 5.41) is 3.37. The molecule has 0 radical (unpaired) electrons. The third-order valence-corrected chi connectivity index (χ3v) is 3.53. The normalized spacial score (nSPS) is 21.9. The van der Waals surface area contributed by atoms with Gasteiger partial charge in [-0.3, -0.25) is 0 Å². The molecule has 0 saturated carbocycles. The molecule has 1 aromatic heterocycles. The van der Waals surface area contributed by atoms with Crippen LogP contribution in [0.3, 0.4) is 0 Å². The van der Waals surface area contributed by atoms with E-state index in [2.05, 4.69) is 33.7 Å². The largest absolute Gasteiger partial charge is 0.333 e. The summed E-state index contributed by atoms with van der Waals surface area (Å²) in [5.74, 6) is 0.781. The minimum absolute atomic E-state index is 0.781. The molecule has 1 aromatic rings. The molecule has 0 aromatic carbocycles. The molecule has 0 amide bonds. The van der Waals surface area contributed by atoms with Crippen molar-refractivity contribution in [1.29, 1.82) is 0 Å². The molecule has 1 aliphatic heterocycles. The van der Waals surface area contributed by atoms with Gasteiger partial charge in [0.05, 0.1) is 12.0 Å². The lowest BCUT2D eigenvalue weighted by Gasteiger charge is -2.30. The van der Waals surface area contributed by atoms with Crippen molar-refractivity contribution in [3.8, 4) is 0 Å². The Morgan fingerprint density at radius 2 is 2.41 bits per heavy atom. The molecule has 1 atom stereocenters. The first kappa shape index (κ1) is 12.6. The van der Waals surface area contributed by atoms with E-state index in [-0.39, 0.29) is 0 Å². The number of imidazole rings is 1. The topological polar surface area (TPSA) is 33.1 Å². The van der Waals surface area contributed by atoms with E-state index in [0.29, 0.717) is 0 Å². The van der Waals surface area contributed by atoms with E-state index >= 15 is 0 Å². The number of piperidine rings is 1. The fourth-order valence-corrected chi connectivity index (χ4v) is 2.61. The Bertz CT molecular complexity index is 334. The first-order valence-corrected chi connectivity index (χ1v) is 6.68. The monoisotopic (exact) mass is 236 g/mol. The van der Waals surface area contributed by atoms with Crippen LogP contribution in [0.1, 0.15) is 25.5 Å². The zero-order chi connectivity index (χ0) is 12.1. The van der Waals surface area contributed by atoms with Gasteiger partial charge >= 0.3 is 0 Å². The average Bonchev–Trinajstić information content (AvgIpc) is 2.74. The maximum Gasteiger partial charge on any atom is 0.0948 e. The SMILES string of the molecule is CCNCc1cncn1CC1CCCN(C)C1. The van der Waals surface area contributed by atoms with E-state index in [4.69, 9.17) is 0 Å². The minimum atomic E-state index is 0.781. The van der Waals surface area contributed by atoms with Gasteiger partial charge in [-0.25, -0.2) is 4.98 Å². The van der Waals surface area contributed by atoms with E-state index in [0.717, 1.165) is 25.6 Å². The van der Waals surface area contributed by atoms with Crippen LogP contribution in [0.2, 0.25) is 0 Å². The fourth-order valence-electron chi connectivity index (χ4n) is 2.61. The molecule has 1 N–H and O–H groups in total. The molecule has 1 fully saturated rings. The Kier molecular flexibility index (Phi) is 4.57. The molecule has 1 aliphatic rings. The smallest absolute Gasteiger partial charge is 0.0948 e. The van der Waals surface area contributed by atoms with Crippen molar-refractivity contribution in [2.75, 3.05) is 26.7 Å². The molecule has 1 saturated heterocycles. The second kappa shape index (κ2) is 6.17. The summed E-state index contributed by atoms with van der Waals surface area (Å²) in [7, 11) is 2.22. The van der Waals surface area contributed by atoms with Gasteiger partial charge in [0.2, 0.25) is 0 Å². The lowest BCUT2D eigenvalue weighted by atomic mass is 9.98. The summed E-state index contributed by atoms with van der Waals surface area (Å²) in [5.41, 5.74) is 1.31. The predicted octanol–water partition coefficient (Wildman–Crippen LogP) is 1.33. The van der Waals surface area contributed by atoms with Crippen molar-refractivity contribution in [3.05, 3.63) is 18.2 Å². The molecule has 96 valence electrons. The Morgan fingerprint density at radius 1 is 1.53 bits per heavy atom. The third-order valence-electron chi connectivity index (χ3n) is 3.53. The quantitative estimate of drug-likeness (QED) is 0.837. The summed E-state index contributed by atoms with van der Waals surface area (Å²) in [6.45, 7) is 7.67. The Balaban J connectivity index is 1.91. The van der Waals surface area contributed by atoms with Crippen molar-refractivity contribution in [2.24, 2.45) is 5.92 Å². The second-order valence-corrected chi connectivity index (χ2v) is 5.09. The van der Waals surface area contributed by atoms with E-state index in [9.17, 15) is 0 Å². The standard InChI is InChI=1S/C13H24N4/c1-3-14-7-13-8-15-11-17(13)10-12-5-4-6-16(2)9-12/h8,11-12,14H,3-7,9-10H2,1-2H3. The van der Waals surface area contributed by atoms with Crippen LogP contribution in [-0.2, 0) is 13.1 Å². The fraction of sp³-hybridized carbons (Fsp3) is 0.769. The molecule has 2 rings (SSSR count). The summed E-state index contributed by atoms with van der Waals surface area (Å²) >= 11 is 0. The molecule has 2 heterocycles. The van der Waals surface area contributed by atoms with Crippen LogP contribution in [0, 0.1) is 5.92 Å². The van der Waals surface area contributed by atoms with Crippen LogP contribution in [0.5, 0.6) is 0 Å². The molecule has 0 bridgehead atoms. The molecule has 1 unspecified atom stereocenters. The van der Waals surface area contributed by atoms with Gasteiger partial charge in [0.15, 0.2) is 0 Å². The minimum Gasteiger partial charge on any atom is -0.333 e. The highest BCUT2D eigenvalue weighted by Gasteiger charge is 2.18. The van der Waals surface area contributed by atoms with E-state index in [1.165, 1.54) is 31.6 Å². The highest BCUT2D eigenvalue weighted by Crippen LogP contribution is 2.17. The molecule has 4 nitrogen and oxygen atoms in total. The first-order chi connectivity index (χ1) is 8.29. The van der Waals surface area contributed by atoms with Crippen LogP contribution in [0.15, 0.2) is 12.5 Å². The van der Waals surface area contributed by atoms with E-state index in [1.807, 2.05) is 12.5 Å². The lowest BCUT2D eigenvalue weighted by molar-refractivity contribution is 0.193. The summed E-state index contributed by atoms with van der Waals surface area (Å²) in [6.07, 6.45) is 6.64. The molecule has 17 heavy (non-hydrogen) atoms. The number of hydrogen-bond donors (Lipinski definition) is 1. The third kappa shape index (κ3) is 3.54. The van der Waals surface area contributed by atoms with E-state index in [1.54, 1.807) is 0 Å². The number of nitrogens with zero attached hydrogens (tertiary/aromatic N) is 3. The van der Waals surface area contributed by atoms with Crippen molar-refractivity contribution in [2.45, 2.75) is 32.9 Å². The summed E-state index contributed by atoms with van der Waals surface area (Å²) in [6, 6.07) is 0. The summed E-state index contributed by atoms with van der Waals surface area (Å²) in [4.78, 5) is 6.71. The average molecular weight is 236 g/mol. The van der Waals surface area contributed by atoms with Gasteiger partial charge in [0, 0.05) is 25.8 Å². The Hall–Kier alpha value is -0.870. The Morgan fingerprint density at radius 3 is 3.18 bits per heavy atom. The Labute approximate surface area is 104 Å². The van der Waals surface area contributed by atoms with Crippen LogP contribution >= 0.6 is 0 Å². The van der Waals surface area contributed by atoms with Gasteiger partial charge < -0.3 is 14.8 Å². The molecular weight excluding hydrogens is 212 g/mol. The maximum atomic E-state index is 4.27. The maximum absolute atomic E-state index is 4.27. The van der Waals surface area contributed by atoms with Gasteiger partial charge in [-0.05, 0) is 38.9 Å². The zero-order valence-electron chi connectivity index (χ0n) is 11.0. The second-order valence-electron chi connectivity index (χ2n) is 5.09. The first-order valence-electron chi connectivity index (χ1n) is 6.68. The lowest BCUT2D eigenvalue weighted by Crippen LogP contribution is -2.34. The van der Waals surface area contributed by atoms with Crippen LogP contribution in [0.4, 0.5) is 0 Å². The van der Waals surface area contributed by atoms with Crippen molar-refractivity contribution < 1.29 is 0 Å².